The van der Waals surface area contributed by atoms with Crippen LogP contribution in [-0.2, 0) is 4.57 Å². The maximum Gasteiger partial charge on any atom is 0.359 e. The first-order valence-corrected chi connectivity index (χ1v) is 6.82. The number of ether oxygens (including phenoxy) is 1. The fraction of sp³-hybridized carbons (Fsp3) is 0.111. The van der Waals surface area contributed by atoms with E-state index in [4.69, 9.17) is 26.7 Å². The molecule has 0 spiro atoms. The summed E-state index contributed by atoms with van der Waals surface area (Å²) in [4.78, 5) is 18.3. The smallest absolute Gasteiger partial charge is 0.359 e. The van der Waals surface area contributed by atoms with E-state index >= 15 is 0 Å². The monoisotopic (exact) mass is 287 g/mol. The minimum atomic E-state index is -4.36. The third kappa shape index (κ3) is 2.37. The van der Waals surface area contributed by atoms with Gasteiger partial charge in [-0.05, 0) is 24.4 Å². The van der Waals surface area contributed by atoms with Crippen LogP contribution in [0.2, 0.25) is 0 Å². The van der Waals surface area contributed by atoms with Gasteiger partial charge in [0.25, 0.3) is 0 Å². The summed E-state index contributed by atoms with van der Waals surface area (Å²) in [6.07, 6.45) is 1.47. The third-order valence-corrected chi connectivity index (χ3v) is 3.59. The molecule has 18 heavy (non-hydrogen) atoms. The molecule has 0 amide bonds. The zero-order valence-corrected chi connectivity index (χ0v) is 11.0. The third-order valence-electron chi connectivity index (χ3n) is 2.31. The molecule has 9 heteroatoms. The van der Waals surface area contributed by atoms with Crippen molar-refractivity contribution in [3.8, 4) is 11.4 Å². The first-order chi connectivity index (χ1) is 8.43. The van der Waals surface area contributed by atoms with Gasteiger partial charge in [-0.15, -0.1) is 0 Å². The fourth-order valence-electron chi connectivity index (χ4n) is 1.49. The number of hydrogen-bond donors (Lipinski definition) is 3. The van der Waals surface area contributed by atoms with E-state index < -0.39 is 7.60 Å². The van der Waals surface area contributed by atoms with E-state index in [2.05, 4.69) is 10.2 Å². The van der Waals surface area contributed by atoms with Crippen molar-refractivity contribution in [2.45, 2.75) is 0 Å². The standard InChI is InChI=1S/C9H10N3O4PS/c1-16-7-4-6(12-5-10-11-9(12)18)2-3-8(7)17(13,14)15/h2-5H,1H3,(H,11,18)(H2,13,14,15). The van der Waals surface area contributed by atoms with E-state index in [1.54, 1.807) is 4.57 Å². The van der Waals surface area contributed by atoms with E-state index in [0.29, 0.717) is 10.5 Å². The van der Waals surface area contributed by atoms with Crippen molar-refractivity contribution in [2.24, 2.45) is 0 Å². The Morgan fingerprint density at radius 1 is 1.50 bits per heavy atom. The average Bonchev–Trinajstić information content (AvgIpc) is 2.73. The zero-order valence-electron chi connectivity index (χ0n) is 9.27. The van der Waals surface area contributed by atoms with Gasteiger partial charge in [0, 0.05) is 6.07 Å². The Morgan fingerprint density at radius 2 is 2.22 bits per heavy atom. The lowest BCUT2D eigenvalue weighted by Gasteiger charge is -2.11. The molecule has 2 rings (SSSR count). The normalized spacial score (nSPS) is 11.5. The molecule has 7 nitrogen and oxygen atoms in total. The van der Waals surface area contributed by atoms with Crippen LogP contribution in [0.1, 0.15) is 0 Å². The largest absolute Gasteiger partial charge is 0.496 e. The Labute approximate surface area is 107 Å². The molecule has 0 saturated heterocycles. The highest BCUT2D eigenvalue weighted by molar-refractivity contribution is 7.71. The number of aromatic amines is 1. The van der Waals surface area contributed by atoms with Crippen LogP contribution in [0.4, 0.5) is 0 Å². The van der Waals surface area contributed by atoms with Crippen LogP contribution < -0.4 is 10.0 Å². The molecule has 3 N–H and O–H groups in total. The van der Waals surface area contributed by atoms with Crippen LogP contribution in [0.25, 0.3) is 5.69 Å². The highest BCUT2D eigenvalue weighted by Crippen LogP contribution is 2.37. The van der Waals surface area contributed by atoms with E-state index in [9.17, 15) is 4.57 Å². The maximum atomic E-state index is 11.2. The number of hydrogen-bond acceptors (Lipinski definition) is 4. The molecule has 0 saturated carbocycles. The SMILES string of the molecule is COc1cc(-n2cn[nH]c2=S)ccc1P(=O)(O)O. The second-order valence-corrected chi connectivity index (χ2v) is 5.39. The summed E-state index contributed by atoms with van der Waals surface area (Å²) in [7, 11) is -3.02. The van der Waals surface area contributed by atoms with E-state index in [1.165, 1.54) is 31.6 Å². The maximum absolute atomic E-state index is 11.2. The Hall–Kier alpha value is -1.47. The number of H-pyrrole nitrogens is 1. The lowest BCUT2D eigenvalue weighted by Crippen LogP contribution is -2.09. The molecule has 0 radical (unpaired) electrons. The van der Waals surface area contributed by atoms with Crippen molar-refractivity contribution >= 4 is 25.1 Å². The van der Waals surface area contributed by atoms with Gasteiger partial charge < -0.3 is 14.5 Å². The van der Waals surface area contributed by atoms with Crippen molar-refractivity contribution in [2.75, 3.05) is 7.11 Å². The van der Waals surface area contributed by atoms with Gasteiger partial charge in [-0.2, -0.15) is 5.10 Å². The molecule has 0 aliphatic heterocycles. The Balaban J connectivity index is 2.59. The van der Waals surface area contributed by atoms with Crippen LogP contribution in [0.3, 0.4) is 0 Å². The molecular formula is C9H10N3O4PS. The molecule has 0 aliphatic rings. The number of nitrogens with zero attached hydrogens (tertiary/aromatic N) is 2. The van der Waals surface area contributed by atoms with Gasteiger partial charge in [0.05, 0.1) is 12.8 Å². The summed E-state index contributed by atoms with van der Waals surface area (Å²) in [5, 5.41) is 6.18. The molecule has 1 heterocycles. The van der Waals surface area contributed by atoms with Crippen LogP contribution in [0.15, 0.2) is 24.5 Å². The molecule has 0 unspecified atom stereocenters. The van der Waals surface area contributed by atoms with E-state index in [-0.39, 0.29) is 11.1 Å². The molecule has 1 aromatic carbocycles. The molecule has 2 aromatic rings. The van der Waals surface area contributed by atoms with Crippen molar-refractivity contribution in [1.29, 1.82) is 0 Å². The summed E-state index contributed by atoms with van der Waals surface area (Å²) in [5.41, 5.74) is 0.600. The molecule has 0 fully saturated rings. The molecule has 96 valence electrons. The highest BCUT2D eigenvalue weighted by Gasteiger charge is 2.22. The summed E-state index contributed by atoms with van der Waals surface area (Å²) < 4.78 is 18.2. The molecular weight excluding hydrogens is 277 g/mol. The number of aromatic nitrogens is 3. The van der Waals surface area contributed by atoms with Gasteiger partial charge in [0.1, 0.15) is 17.4 Å². The number of nitrogens with one attached hydrogen (secondary N) is 1. The number of rotatable bonds is 3. The Kier molecular flexibility index (Phi) is 3.36. The highest BCUT2D eigenvalue weighted by atomic mass is 32.1. The lowest BCUT2D eigenvalue weighted by molar-refractivity contribution is 0.380. The molecule has 1 aromatic heterocycles. The number of benzene rings is 1. The average molecular weight is 287 g/mol. The van der Waals surface area contributed by atoms with Crippen molar-refractivity contribution in [3.05, 3.63) is 29.3 Å². The topological polar surface area (TPSA) is 100 Å². The minimum absolute atomic E-state index is 0.101. The van der Waals surface area contributed by atoms with Crippen LogP contribution in [0.5, 0.6) is 5.75 Å². The van der Waals surface area contributed by atoms with E-state index in [0.717, 1.165) is 0 Å². The summed E-state index contributed by atoms with van der Waals surface area (Å²) in [5.74, 6) is 0.101. The van der Waals surface area contributed by atoms with Gasteiger partial charge in [-0.3, -0.25) is 14.2 Å². The Bertz CT molecular complexity index is 674. The second-order valence-electron chi connectivity index (χ2n) is 3.43. The van der Waals surface area contributed by atoms with Crippen molar-refractivity contribution in [3.63, 3.8) is 0 Å². The van der Waals surface area contributed by atoms with Gasteiger partial charge in [0.2, 0.25) is 0 Å². The van der Waals surface area contributed by atoms with Crippen molar-refractivity contribution < 1.29 is 19.1 Å². The van der Waals surface area contributed by atoms with Crippen molar-refractivity contribution in [1.82, 2.24) is 14.8 Å². The minimum Gasteiger partial charge on any atom is -0.496 e. The Morgan fingerprint density at radius 3 is 2.72 bits per heavy atom. The summed E-state index contributed by atoms with van der Waals surface area (Å²) in [6, 6.07) is 4.33. The second kappa shape index (κ2) is 4.66. The van der Waals surface area contributed by atoms with Crippen LogP contribution >= 0.6 is 19.8 Å². The molecule has 0 aliphatic carbocycles. The van der Waals surface area contributed by atoms with Gasteiger partial charge >= 0.3 is 7.60 Å². The van der Waals surface area contributed by atoms with E-state index in [1.807, 2.05) is 0 Å². The first-order valence-electron chi connectivity index (χ1n) is 4.80. The van der Waals surface area contributed by atoms with Crippen LogP contribution in [-0.4, -0.2) is 31.7 Å². The molecule has 0 bridgehead atoms. The predicted molar refractivity (Wildman–Crippen MR) is 67.0 cm³/mol. The number of methoxy groups -OCH3 is 1. The lowest BCUT2D eigenvalue weighted by atomic mass is 10.3. The zero-order chi connectivity index (χ0) is 13.3. The quantitative estimate of drug-likeness (QED) is 0.568. The van der Waals surface area contributed by atoms with Crippen LogP contribution in [0, 0.1) is 4.77 Å². The summed E-state index contributed by atoms with van der Waals surface area (Å²) in [6.45, 7) is 0. The summed E-state index contributed by atoms with van der Waals surface area (Å²) >= 11 is 5.00. The molecule has 0 atom stereocenters. The predicted octanol–water partition coefficient (Wildman–Crippen LogP) is 0.741. The van der Waals surface area contributed by atoms with Gasteiger partial charge in [-0.1, -0.05) is 0 Å². The fourth-order valence-corrected chi connectivity index (χ4v) is 2.41. The van der Waals surface area contributed by atoms with Gasteiger partial charge in [-0.25, -0.2) is 0 Å². The first kappa shape index (κ1) is 13.0. The van der Waals surface area contributed by atoms with Gasteiger partial charge in [0.15, 0.2) is 4.77 Å².